The molecule has 0 amide bonds. The summed E-state index contributed by atoms with van der Waals surface area (Å²) in [6.45, 7) is 3.03. The van der Waals surface area contributed by atoms with E-state index in [1.807, 2.05) is 19.1 Å². The highest BCUT2D eigenvalue weighted by Gasteiger charge is 2.16. The number of benzene rings is 2. The van der Waals surface area contributed by atoms with Crippen LogP contribution in [0.4, 0.5) is 5.69 Å². The summed E-state index contributed by atoms with van der Waals surface area (Å²) in [5, 5.41) is 7.33. The van der Waals surface area contributed by atoms with Gasteiger partial charge in [-0.25, -0.2) is 8.42 Å². The fraction of sp³-hybridized carbons (Fsp3) is 0.316. The summed E-state index contributed by atoms with van der Waals surface area (Å²) in [5.74, 6) is 0.529. The van der Waals surface area contributed by atoms with Crippen LogP contribution >= 0.6 is 0 Å². The third-order valence-electron chi connectivity index (χ3n) is 3.99. The highest BCUT2D eigenvalue weighted by atomic mass is 32.2. The van der Waals surface area contributed by atoms with Gasteiger partial charge in [0.15, 0.2) is 5.96 Å². The van der Waals surface area contributed by atoms with E-state index in [4.69, 9.17) is 15.9 Å². The molecule has 2 rings (SSSR count). The molecule has 0 aliphatic rings. The van der Waals surface area contributed by atoms with Crippen molar-refractivity contribution in [3.05, 3.63) is 54.1 Å². The van der Waals surface area contributed by atoms with Crippen molar-refractivity contribution in [3.63, 3.8) is 0 Å². The van der Waals surface area contributed by atoms with E-state index in [1.165, 1.54) is 0 Å². The topological polar surface area (TPSA) is 109 Å². The first-order valence-electron chi connectivity index (χ1n) is 8.66. The molecule has 0 fully saturated rings. The van der Waals surface area contributed by atoms with E-state index in [-0.39, 0.29) is 10.9 Å². The smallest absolute Gasteiger partial charge is 0.262 e. The molecule has 2 aromatic rings. The van der Waals surface area contributed by atoms with E-state index < -0.39 is 10.0 Å². The summed E-state index contributed by atoms with van der Waals surface area (Å²) >= 11 is 0. The minimum atomic E-state index is -3.68. The van der Waals surface area contributed by atoms with Crippen LogP contribution in [-0.4, -0.2) is 39.5 Å². The zero-order valence-electron chi connectivity index (χ0n) is 15.6. The molecule has 146 valence electrons. The molecule has 0 atom stereocenters. The maximum atomic E-state index is 12.5. The van der Waals surface area contributed by atoms with E-state index in [2.05, 4.69) is 4.72 Å². The van der Waals surface area contributed by atoms with Crippen molar-refractivity contribution in [1.82, 2.24) is 4.90 Å². The summed E-state index contributed by atoms with van der Waals surface area (Å²) in [6, 6.07) is 13.6. The molecule has 0 saturated carbocycles. The third-order valence-corrected chi connectivity index (χ3v) is 5.37. The van der Waals surface area contributed by atoms with E-state index in [1.54, 1.807) is 48.3 Å². The SMILES string of the molecule is Cc1ccc(NS(=O)(=O)c2ccccc2)c(OCCCCN(C)C(=N)N)c1. The minimum Gasteiger partial charge on any atom is -0.491 e. The molecule has 27 heavy (non-hydrogen) atoms. The van der Waals surface area contributed by atoms with Crippen molar-refractivity contribution in [2.45, 2.75) is 24.7 Å². The van der Waals surface area contributed by atoms with Gasteiger partial charge >= 0.3 is 0 Å². The number of nitrogens with two attached hydrogens (primary N) is 1. The summed E-state index contributed by atoms with van der Waals surface area (Å²) in [6.07, 6.45) is 1.57. The Labute approximate surface area is 160 Å². The first-order chi connectivity index (χ1) is 12.8. The van der Waals surface area contributed by atoms with Crippen LogP contribution in [0.1, 0.15) is 18.4 Å². The van der Waals surface area contributed by atoms with Gasteiger partial charge in [-0.1, -0.05) is 24.3 Å². The summed E-state index contributed by atoms with van der Waals surface area (Å²) in [7, 11) is -1.91. The van der Waals surface area contributed by atoms with Gasteiger partial charge in [0.2, 0.25) is 0 Å². The molecule has 0 aromatic heterocycles. The van der Waals surface area contributed by atoms with E-state index in [0.29, 0.717) is 24.6 Å². The number of aryl methyl sites for hydroxylation is 1. The summed E-state index contributed by atoms with van der Waals surface area (Å²) in [5.41, 5.74) is 6.78. The minimum absolute atomic E-state index is 0.0345. The van der Waals surface area contributed by atoms with Crippen LogP contribution in [0, 0.1) is 12.3 Å². The average molecular weight is 391 g/mol. The first kappa shape index (κ1) is 20.6. The van der Waals surface area contributed by atoms with Crippen LogP contribution in [0.25, 0.3) is 0 Å². The molecule has 4 N–H and O–H groups in total. The Balaban J connectivity index is 2.01. The van der Waals surface area contributed by atoms with Crippen LogP contribution in [0.2, 0.25) is 0 Å². The number of rotatable bonds is 9. The standard InChI is InChI=1S/C19H26N4O3S/c1-15-10-11-17(22-27(24,25)16-8-4-3-5-9-16)18(14-15)26-13-7-6-12-23(2)19(20)21/h3-5,8-11,14,22H,6-7,12-13H2,1-2H3,(H3,20,21). The number of nitrogens with zero attached hydrogens (tertiary/aromatic N) is 1. The van der Waals surface area contributed by atoms with Crippen LogP contribution in [0.5, 0.6) is 5.75 Å². The zero-order chi connectivity index (χ0) is 19.9. The maximum absolute atomic E-state index is 12.5. The second-order valence-corrected chi connectivity index (χ2v) is 7.96. The molecule has 2 aromatic carbocycles. The number of guanidine groups is 1. The lowest BCUT2D eigenvalue weighted by Gasteiger charge is -2.17. The van der Waals surface area contributed by atoms with Crippen molar-refractivity contribution < 1.29 is 13.2 Å². The van der Waals surface area contributed by atoms with Gasteiger partial charge < -0.3 is 15.4 Å². The fourth-order valence-electron chi connectivity index (χ4n) is 2.39. The molecular formula is C19H26N4O3S. The monoisotopic (exact) mass is 390 g/mol. The summed E-state index contributed by atoms with van der Waals surface area (Å²) < 4.78 is 33.5. The highest BCUT2D eigenvalue weighted by molar-refractivity contribution is 7.92. The van der Waals surface area contributed by atoms with Gasteiger partial charge in [0, 0.05) is 13.6 Å². The molecule has 0 spiro atoms. The second-order valence-electron chi connectivity index (χ2n) is 6.28. The maximum Gasteiger partial charge on any atom is 0.262 e. The van der Waals surface area contributed by atoms with Crippen molar-refractivity contribution in [2.24, 2.45) is 5.73 Å². The Bertz CT molecular complexity index is 870. The zero-order valence-corrected chi connectivity index (χ0v) is 16.4. The van der Waals surface area contributed by atoms with Crippen molar-refractivity contribution >= 4 is 21.7 Å². The van der Waals surface area contributed by atoms with Crippen LogP contribution < -0.4 is 15.2 Å². The Morgan fingerprint density at radius 1 is 1.19 bits per heavy atom. The molecule has 0 radical (unpaired) electrons. The normalized spacial score (nSPS) is 11.0. The number of sulfonamides is 1. The molecule has 0 unspecified atom stereocenters. The van der Waals surface area contributed by atoms with E-state index >= 15 is 0 Å². The van der Waals surface area contributed by atoms with Crippen molar-refractivity contribution in [2.75, 3.05) is 24.9 Å². The lowest BCUT2D eigenvalue weighted by molar-refractivity contribution is 0.301. The number of unbranched alkanes of at least 4 members (excludes halogenated alkanes) is 1. The average Bonchev–Trinajstić information content (AvgIpc) is 2.64. The van der Waals surface area contributed by atoms with Gasteiger partial charge in [0.05, 0.1) is 17.2 Å². The number of hydrogen-bond donors (Lipinski definition) is 3. The number of anilines is 1. The number of hydrogen-bond acceptors (Lipinski definition) is 4. The Morgan fingerprint density at radius 2 is 1.89 bits per heavy atom. The third kappa shape index (κ3) is 6.18. The molecular weight excluding hydrogens is 364 g/mol. The Hall–Kier alpha value is -2.74. The van der Waals surface area contributed by atoms with E-state index in [9.17, 15) is 8.42 Å². The predicted octanol–water partition coefficient (Wildman–Crippen LogP) is 2.78. The predicted molar refractivity (Wildman–Crippen MR) is 108 cm³/mol. The van der Waals surface area contributed by atoms with Gasteiger partial charge in [0.25, 0.3) is 10.0 Å². The molecule has 0 aliphatic heterocycles. The molecule has 0 saturated heterocycles. The number of nitrogens with one attached hydrogen (secondary N) is 2. The summed E-state index contributed by atoms with van der Waals surface area (Å²) in [4.78, 5) is 1.86. The van der Waals surface area contributed by atoms with Crippen molar-refractivity contribution in [1.29, 1.82) is 5.41 Å². The largest absolute Gasteiger partial charge is 0.491 e. The van der Waals surface area contributed by atoms with Crippen LogP contribution in [0.3, 0.4) is 0 Å². The quantitative estimate of drug-likeness (QED) is 0.347. The molecule has 0 heterocycles. The Kier molecular flexibility index (Phi) is 7.06. The molecule has 7 nitrogen and oxygen atoms in total. The van der Waals surface area contributed by atoms with Gasteiger partial charge in [0.1, 0.15) is 5.75 Å². The van der Waals surface area contributed by atoms with Gasteiger partial charge in [-0.15, -0.1) is 0 Å². The van der Waals surface area contributed by atoms with Gasteiger partial charge in [-0.2, -0.15) is 0 Å². The second kappa shape index (κ2) is 9.27. The van der Waals surface area contributed by atoms with Crippen molar-refractivity contribution in [3.8, 4) is 5.75 Å². The Morgan fingerprint density at radius 3 is 2.56 bits per heavy atom. The van der Waals surface area contributed by atoms with Gasteiger partial charge in [-0.3, -0.25) is 10.1 Å². The molecule has 0 bridgehead atoms. The fourth-order valence-corrected chi connectivity index (χ4v) is 3.48. The first-order valence-corrected chi connectivity index (χ1v) is 10.1. The highest BCUT2D eigenvalue weighted by Crippen LogP contribution is 2.28. The van der Waals surface area contributed by atoms with Gasteiger partial charge in [-0.05, 0) is 49.6 Å². The van der Waals surface area contributed by atoms with Crippen LogP contribution in [0.15, 0.2) is 53.4 Å². The molecule has 8 heteroatoms. The van der Waals surface area contributed by atoms with Crippen LogP contribution in [-0.2, 0) is 10.0 Å². The lowest BCUT2D eigenvalue weighted by atomic mass is 10.2. The van der Waals surface area contributed by atoms with E-state index in [0.717, 1.165) is 18.4 Å². The molecule has 0 aliphatic carbocycles. The lowest BCUT2D eigenvalue weighted by Crippen LogP contribution is -2.33. The number of ether oxygens (including phenoxy) is 1.